The zero-order valence-corrected chi connectivity index (χ0v) is 20.6. The van der Waals surface area contributed by atoms with Crippen LogP contribution in [0.15, 0.2) is 11.6 Å². The molecule has 0 radical (unpaired) electrons. The number of allylic oxidation sites excluding steroid dienone is 2. The summed E-state index contributed by atoms with van der Waals surface area (Å²) >= 11 is 0. The zero-order valence-electron chi connectivity index (χ0n) is 20.6. The van der Waals surface area contributed by atoms with Gasteiger partial charge in [0, 0.05) is 0 Å². The summed E-state index contributed by atoms with van der Waals surface area (Å²) in [7, 11) is 0. The largest absolute Gasteiger partial charge is 0.0844 e. The predicted molar refractivity (Wildman–Crippen MR) is 127 cm³/mol. The third-order valence-corrected chi connectivity index (χ3v) is 10.9. The van der Waals surface area contributed by atoms with E-state index in [2.05, 4.69) is 47.6 Å². The van der Waals surface area contributed by atoms with Crippen molar-refractivity contribution in [2.75, 3.05) is 0 Å². The molecular weight excluding hydrogens is 348 g/mol. The lowest BCUT2D eigenvalue weighted by molar-refractivity contribution is -0.0334. The van der Waals surface area contributed by atoms with E-state index in [-0.39, 0.29) is 0 Å². The average Bonchev–Trinajstić information content (AvgIpc) is 3.03. The summed E-state index contributed by atoms with van der Waals surface area (Å²) in [4.78, 5) is 0. The van der Waals surface area contributed by atoms with E-state index in [1.807, 2.05) is 5.57 Å². The lowest BCUT2D eigenvalue weighted by Crippen LogP contribution is -2.50. The molecule has 0 spiro atoms. The molecule has 29 heavy (non-hydrogen) atoms. The highest BCUT2D eigenvalue weighted by Gasteiger charge is 2.58. The standard InChI is InChI=1S/C29H50/c1-7-22-12-9-18-28(5)25(22)14-13-23-26-16-15-24(21(4)11-8-10-20(2)3)29(26,6)19-17-27(23)28/h13,20-22,24-27H,7-12,14-19H2,1-6H3/t21-,22?,24-,25?,26+,27+,28+,29-/m1/s1. The SMILES string of the molecule is CCC1CCC[C@@]2(C)C1CC=C1[C@@H]3CC[C@H]([C@H](C)CCCC(C)C)[C@@]3(C)CC[C@@H]12. The van der Waals surface area contributed by atoms with Crippen molar-refractivity contribution < 1.29 is 0 Å². The van der Waals surface area contributed by atoms with E-state index in [0.29, 0.717) is 10.8 Å². The smallest absolute Gasteiger partial charge is 0.0143 e. The van der Waals surface area contributed by atoms with Gasteiger partial charge in [0.15, 0.2) is 0 Å². The molecule has 2 unspecified atom stereocenters. The molecule has 0 aromatic carbocycles. The molecule has 0 heteroatoms. The van der Waals surface area contributed by atoms with Crippen LogP contribution in [0.5, 0.6) is 0 Å². The van der Waals surface area contributed by atoms with Crippen molar-refractivity contribution in [2.45, 2.75) is 119 Å². The number of hydrogen-bond donors (Lipinski definition) is 0. The summed E-state index contributed by atoms with van der Waals surface area (Å²) in [6.45, 7) is 15.3. The molecule has 166 valence electrons. The van der Waals surface area contributed by atoms with Gasteiger partial charge in [0.2, 0.25) is 0 Å². The highest BCUT2D eigenvalue weighted by Crippen LogP contribution is 2.67. The lowest BCUT2D eigenvalue weighted by atomic mass is 9.46. The van der Waals surface area contributed by atoms with Crippen LogP contribution >= 0.6 is 0 Å². The predicted octanol–water partition coefficient (Wildman–Crippen LogP) is 9.05. The van der Waals surface area contributed by atoms with E-state index in [9.17, 15) is 0 Å². The highest BCUT2D eigenvalue weighted by molar-refractivity contribution is 5.28. The fourth-order valence-corrected chi connectivity index (χ4v) is 9.33. The maximum Gasteiger partial charge on any atom is -0.0143 e. The molecule has 0 aliphatic heterocycles. The summed E-state index contributed by atoms with van der Waals surface area (Å²) in [6, 6.07) is 0. The van der Waals surface area contributed by atoms with E-state index < -0.39 is 0 Å². The van der Waals surface area contributed by atoms with Crippen LogP contribution < -0.4 is 0 Å². The van der Waals surface area contributed by atoms with Gasteiger partial charge in [-0.25, -0.2) is 0 Å². The van der Waals surface area contributed by atoms with Gasteiger partial charge in [0.1, 0.15) is 0 Å². The Morgan fingerprint density at radius 1 is 0.931 bits per heavy atom. The van der Waals surface area contributed by atoms with Gasteiger partial charge in [-0.05, 0) is 90.8 Å². The number of hydrogen-bond acceptors (Lipinski definition) is 0. The first-order valence-corrected chi connectivity index (χ1v) is 13.5. The second-order valence-electron chi connectivity index (χ2n) is 12.7. The molecule has 3 fully saturated rings. The third kappa shape index (κ3) is 3.67. The summed E-state index contributed by atoms with van der Waals surface area (Å²) in [5.74, 6) is 6.58. The van der Waals surface area contributed by atoms with Crippen LogP contribution in [0.3, 0.4) is 0 Å². The molecule has 0 aromatic rings. The molecular formula is C29H50. The van der Waals surface area contributed by atoms with Crippen molar-refractivity contribution in [3.63, 3.8) is 0 Å². The van der Waals surface area contributed by atoms with Crippen molar-refractivity contribution >= 4 is 0 Å². The Morgan fingerprint density at radius 3 is 2.41 bits per heavy atom. The first-order valence-electron chi connectivity index (χ1n) is 13.5. The molecule has 0 aromatic heterocycles. The molecule has 8 atom stereocenters. The molecule has 0 bridgehead atoms. The summed E-state index contributed by atoms with van der Waals surface area (Å²) in [5, 5.41) is 0. The van der Waals surface area contributed by atoms with Crippen LogP contribution in [-0.2, 0) is 0 Å². The molecule has 0 nitrogen and oxygen atoms in total. The fraction of sp³-hybridized carbons (Fsp3) is 0.931. The maximum absolute atomic E-state index is 2.82. The molecule has 0 amide bonds. The van der Waals surface area contributed by atoms with E-state index in [1.54, 1.807) is 0 Å². The normalized spacial score (nSPS) is 45.3. The topological polar surface area (TPSA) is 0 Å². The zero-order chi connectivity index (χ0) is 20.8. The van der Waals surface area contributed by atoms with Crippen LogP contribution in [0, 0.1) is 52.3 Å². The first-order chi connectivity index (χ1) is 13.8. The van der Waals surface area contributed by atoms with Crippen LogP contribution in [0.1, 0.15) is 119 Å². The van der Waals surface area contributed by atoms with Crippen molar-refractivity contribution in [2.24, 2.45) is 52.3 Å². The Morgan fingerprint density at radius 2 is 1.69 bits per heavy atom. The minimum atomic E-state index is 0.599. The Kier molecular flexibility index (Phi) is 6.32. The van der Waals surface area contributed by atoms with Crippen molar-refractivity contribution in [3.05, 3.63) is 11.6 Å². The summed E-state index contributed by atoms with van der Waals surface area (Å²) < 4.78 is 0. The maximum atomic E-state index is 2.82. The number of rotatable bonds is 6. The summed E-state index contributed by atoms with van der Waals surface area (Å²) in [5.41, 5.74) is 3.18. The van der Waals surface area contributed by atoms with Crippen LogP contribution in [0.2, 0.25) is 0 Å². The van der Waals surface area contributed by atoms with Crippen molar-refractivity contribution in [3.8, 4) is 0 Å². The number of fused-ring (bicyclic) bond motifs is 5. The average molecular weight is 399 g/mol. The molecule has 0 heterocycles. The quantitative estimate of drug-likeness (QED) is 0.391. The Bertz CT molecular complexity index is 599. The van der Waals surface area contributed by atoms with Gasteiger partial charge < -0.3 is 0 Å². The van der Waals surface area contributed by atoms with Gasteiger partial charge >= 0.3 is 0 Å². The van der Waals surface area contributed by atoms with Crippen LogP contribution in [0.4, 0.5) is 0 Å². The molecule has 4 aliphatic rings. The molecule has 4 rings (SSSR count). The first kappa shape index (κ1) is 22.0. The van der Waals surface area contributed by atoms with Gasteiger partial charge in [-0.15, -0.1) is 0 Å². The minimum absolute atomic E-state index is 0.599. The fourth-order valence-electron chi connectivity index (χ4n) is 9.33. The second-order valence-corrected chi connectivity index (χ2v) is 12.7. The van der Waals surface area contributed by atoms with Crippen LogP contribution in [0.25, 0.3) is 0 Å². The van der Waals surface area contributed by atoms with E-state index >= 15 is 0 Å². The van der Waals surface area contributed by atoms with Gasteiger partial charge in [0.05, 0.1) is 0 Å². The van der Waals surface area contributed by atoms with Gasteiger partial charge in [-0.2, -0.15) is 0 Å². The molecule has 4 aliphatic carbocycles. The Balaban J connectivity index is 1.52. The van der Waals surface area contributed by atoms with Crippen molar-refractivity contribution in [1.29, 1.82) is 0 Å². The van der Waals surface area contributed by atoms with Crippen molar-refractivity contribution in [1.82, 2.24) is 0 Å². The highest BCUT2D eigenvalue weighted by atomic mass is 14.6. The minimum Gasteiger partial charge on any atom is -0.0844 e. The molecule has 3 saturated carbocycles. The van der Waals surface area contributed by atoms with E-state index in [0.717, 1.165) is 41.4 Å². The molecule has 0 saturated heterocycles. The lowest BCUT2D eigenvalue weighted by Gasteiger charge is -2.59. The molecule has 0 N–H and O–H groups in total. The van der Waals surface area contributed by atoms with Crippen LogP contribution in [-0.4, -0.2) is 0 Å². The third-order valence-electron chi connectivity index (χ3n) is 10.9. The summed E-state index contributed by atoms with van der Waals surface area (Å²) in [6.07, 6.45) is 20.5. The van der Waals surface area contributed by atoms with Gasteiger partial charge in [-0.1, -0.05) is 91.7 Å². The van der Waals surface area contributed by atoms with E-state index in [1.165, 1.54) is 77.0 Å². The van der Waals surface area contributed by atoms with Gasteiger partial charge in [-0.3, -0.25) is 0 Å². The Labute approximate surface area is 182 Å². The monoisotopic (exact) mass is 398 g/mol. The van der Waals surface area contributed by atoms with Gasteiger partial charge in [0.25, 0.3) is 0 Å². The second kappa shape index (κ2) is 8.35. The van der Waals surface area contributed by atoms with E-state index in [4.69, 9.17) is 0 Å². The Hall–Kier alpha value is -0.260.